The molecule has 0 bridgehead atoms. The fraction of sp³-hybridized carbons (Fsp3) is 0.182. The van der Waals surface area contributed by atoms with Crippen LogP contribution in [0.5, 0.6) is 5.75 Å². The molecule has 0 fully saturated rings. The lowest BCUT2D eigenvalue weighted by molar-refractivity contribution is -0.117. The average molecular weight is 406 g/mol. The van der Waals surface area contributed by atoms with Gasteiger partial charge in [0.15, 0.2) is 5.69 Å². The van der Waals surface area contributed by atoms with Crippen LogP contribution in [0, 0.1) is 6.92 Å². The van der Waals surface area contributed by atoms with E-state index in [0.717, 1.165) is 11.1 Å². The molecule has 0 radical (unpaired) electrons. The number of hydrogen-bond donors (Lipinski definition) is 2. The lowest BCUT2D eigenvalue weighted by Gasteiger charge is -2.10. The van der Waals surface area contributed by atoms with Crippen LogP contribution in [0.25, 0.3) is 16.8 Å². The molecule has 8 heteroatoms. The molecule has 3 aromatic rings. The SMILES string of the molecule is CCn1nc(C(=O)NNC(=O)/C=C/c2cc(C)ccc2OC)c2ccccc2c1=O. The molecule has 0 spiro atoms. The Morgan fingerprint density at radius 2 is 1.87 bits per heavy atom. The van der Waals surface area contributed by atoms with Gasteiger partial charge in [0.05, 0.1) is 12.5 Å². The van der Waals surface area contributed by atoms with Gasteiger partial charge in [0.1, 0.15) is 5.75 Å². The number of benzene rings is 2. The summed E-state index contributed by atoms with van der Waals surface area (Å²) in [5.41, 5.74) is 6.20. The number of rotatable bonds is 5. The van der Waals surface area contributed by atoms with Gasteiger partial charge in [-0.2, -0.15) is 5.10 Å². The fourth-order valence-corrected chi connectivity index (χ4v) is 2.99. The van der Waals surface area contributed by atoms with E-state index in [1.807, 2.05) is 25.1 Å². The van der Waals surface area contributed by atoms with Gasteiger partial charge in [-0.15, -0.1) is 0 Å². The molecule has 0 atom stereocenters. The summed E-state index contributed by atoms with van der Waals surface area (Å²) in [4.78, 5) is 37.1. The number of methoxy groups -OCH3 is 1. The van der Waals surface area contributed by atoms with Gasteiger partial charge in [0, 0.05) is 23.6 Å². The number of amides is 2. The summed E-state index contributed by atoms with van der Waals surface area (Å²) in [5, 5.41) is 4.93. The molecule has 0 saturated heterocycles. The van der Waals surface area contributed by atoms with E-state index in [4.69, 9.17) is 4.74 Å². The van der Waals surface area contributed by atoms with E-state index in [1.165, 1.54) is 10.8 Å². The second kappa shape index (κ2) is 9.04. The number of nitrogens with one attached hydrogen (secondary N) is 2. The summed E-state index contributed by atoms with van der Waals surface area (Å²) in [7, 11) is 1.55. The Balaban J connectivity index is 1.76. The third kappa shape index (κ3) is 4.38. The highest BCUT2D eigenvalue weighted by Gasteiger charge is 2.16. The van der Waals surface area contributed by atoms with Gasteiger partial charge in [0.2, 0.25) is 0 Å². The third-order valence-corrected chi connectivity index (χ3v) is 4.48. The Bertz CT molecular complexity index is 1200. The molecule has 8 nitrogen and oxygen atoms in total. The summed E-state index contributed by atoms with van der Waals surface area (Å²) in [6.45, 7) is 4.01. The van der Waals surface area contributed by atoms with Crippen molar-refractivity contribution in [3.63, 3.8) is 0 Å². The second-order valence-corrected chi connectivity index (χ2v) is 6.54. The Hall–Kier alpha value is -3.94. The van der Waals surface area contributed by atoms with Crippen molar-refractivity contribution in [2.45, 2.75) is 20.4 Å². The minimum absolute atomic E-state index is 0.0525. The van der Waals surface area contributed by atoms with E-state index >= 15 is 0 Å². The predicted molar refractivity (Wildman–Crippen MR) is 114 cm³/mol. The molecule has 1 heterocycles. The zero-order valence-corrected chi connectivity index (χ0v) is 16.9. The van der Waals surface area contributed by atoms with Crippen molar-refractivity contribution in [1.82, 2.24) is 20.6 Å². The Kier molecular flexibility index (Phi) is 6.26. The largest absolute Gasteiger partial charge is 0.496 e. The van der Waals surface area contributed by atoms with Crippen molar-refractivity contribution in [3.05, 3.63) is 75.7 Å². The summed E-state index contributed by atoms with van der Waals surface area (Å²) in [6, 6.07) is 12.3. The molecule has 3 rings (SSSR count). The molecular formula is C22H22N4O4. The molecule has 0 aliphatic heterocycles. The van der Waals surface area contributed by atoms with Crippen molar-refractivity contribution >= 4 is 28.7 Å². The molecular weight excluding hydrogens is 384 g/mol. The second-order valence-electron chi connectivity index (χ2n) is 6.54. The number of aryl methyl sites for hydroxylation is 2. The van der Waals surface area contributed by atoms with Crippen molar-refractivity contribution in [1.29, 1.82) is 0 Å². The molecule has 154 valence electrons. The van der Waals surface area contributed by atoms with Crippen LogP contribution in [0.4, 0.5) is 0 Å². The number of nitrogens with zero attached hydrogens (tertiary/aromatic N) is 2. The molecule has 2 N–H and O–H groups in total. The summed E-state index contributed by atoms with van der Waals surface area (Å²) < 4.78 is 6.48. The van der Waals surface area contributed by atoms with Crippen LogP contribution in [0.2, 0.25) is 0 Å². The quantitative estimate of drug-likeness (QED) is 0.500. The number of ether oxygens (including phenoxy) is 1. The Labute approximate surface area is 173 Å². The maximum absolute atomic E-state index is 12.6. The van der Waals surface area contributed by atoms with Gasteiger partial charge in [-0.05, 0) is 38.1 Å². The van der Waals surface area contributed by atoms with Gasteiger partial charge >= 0.3 is 0 Å². The van der Waals surface area contributed by atoms with E-state index in [0.29, 0.717) is 23.1 Å². The Morgan fingerprint density at radius 3 is 2.57 bits per heavy atom. The van der Waals surface area contributed by atoms with Gasteiger partial charge in [-0.3, -0.25) is 25.2 Å². The van der Waals surface area contributed by atoms with Crippen LogP contribution in [0.15, 0.2) is 53.3 Å². The first kappa shape index (κ1) is 20.8. The minimum Gasteiger partial charge on any atom is -0.496 e. The van der Waals surface area contributed by atoms with Crippen molar-refractivity contribution in [2.75, 3.05) is 7.11 Å². The predicted octanol–water partition coefficient (Wildman–Crippen LogP) is 2.21. The molecule has 30 heavy (non-hydrogen) atoms. The summed E-state index contributed by atoms with van der Waals surface area (Å²) in [5.74, 6) is -0.519. The number of hydrogen-bond acceptors (Lipinski definition) is 5. The smallest absolute Gasteiger partial charge is 0.290 e. The highest BCUT2D eigenvalue weighted by molar-refractivity contribution is 6.05. The lowest BCUT2D eigenvalue weighted by atomic mass is 10.1. The normalized spacial score (nSPS) is 10.9. The fourth-order valence-electron chi connectivity index (χ4n) is 2.99. The number of carbonyl (C=O) groups excluding carboxylic acids is 2. The lowest BCUT2D eigenvalue weighted by Crippen LogP contribution is -2.42. The number of carbonyl (C=O) groups is 2. The first-order chi connectivity index (χ1) is 14.4. The monoisotopic (exact) mass is 406 g/mol. The van der Waals surface area contributed by atoms with Gasteiger partial charge < -0.3 is 4.74 Å². The molecule has 0 aliphatic carbocycles. The van der Waals surface area contributed by atoms with E-state index in [-0.39, 0.29) is 11.3 Å². The highest BCUT2D eigenvalue weighted by Crippen LogP contribution is 2.20. The third-order valence-electron chi connectivity index (χ3n) is 4.48. The molecule has 0 unspecified atom stereocenters. The van der Waals surface area contributed by atoms with Crippen molar-refractivity contribution < 1.29 is 14.3 Å². The van der Waals surface area contributed by atoms with Crippen LogP contribution in [-0.2, 0) is 11.3 Å². The number of fused-ring (bicyclic) bond motifs is 1. The maximum Gasteiger partial charge on any atom is 0.290 e. The highest BCUT2D eigenvalue weighted by atomic mass is 16.5. The summed E-state index contributed by atoms with van der Waals surface area (Å²) in [6.07, 6.45) is 2.88. The first-order valence-electron chi connectivity index (χ1n) is 9.37. The van der Waals surface area contributed by atoms with Gasteiger partial charge in [-0.25, -0.2) is 4.68 Å². The van der Waals surface area contributed by atoms with Crippen LogP contribution < -0.4 is 21.1 Å². The van der Waals surface area contributed by atoms with Crippen molar-refractivity contribution in [2.24, 2.45) is 0 Å². The molecule has 1 aromatic heterocycles. The average Bonchev–Trinajstić information content (AvgIpc) is 2.76. The minimum atomic E-state index is -0.622. The zero-order chi connectivity index (χ0) is 21.7. The molecule has 0 aliphatic rings. The van der Waals surface area contributed by atoms with E-state index < -0.39 is 11.8 Å². The van der Waals surface area contributed by atoms with Gasteiger partial charge in [0.25, 0.3) is 17.4 Å². The van der Waals surface area contributed by atoms with Crippen LogP contribution >= 0.6 is 0 Å². The number of aromatic nitrogens is 2. The molecule has 2 amide bonds. The number of hydrazine groups is 1. The van der Waals surface area contributed by atoms with E-state index in [1.54, 1.807) is 44.4 Å². The van der Waals surface area contributed by atoms with E-state index in [2.05, 4.69) is 16.0 Å². The molecule has 2 aromatic carbocycles. The zero-order valence-electron chi connectivity index (χ0n) is 16.9. The summed E-state index contributed by atoms with van der Waals surface area (Å²) >= 11 is 0. The first-order valence-corrected chi connectivity index (χ1v) is 9.37. The van der Waals surface area contributed by atoms with Crippen LogP contribution in [-0.4, -0.2) is 28.7 Å². The topological polar surface area (TPSA) is 102 Å². The van der Waals surface area contributed by atoms with Crippen molar-refractivity contribution in [3.8, 4) is 5.75 Å². The van der Waals surface area contributed by atoms with E-state index in [9.17, 15) is 14.4 Å². The standard InChI is InChI=1S/C22H22N4O4/c1-4-26-22(29)17-8-6-5-7-16(17)20(25-26)21(28)24-23-19(27)12-10-15-13-14(2)9-11-18(15)30-3/h5-13H,4H2,1-3H3,(H,23,27)(H,24,28)/b12-10+. The van der Waals surface area contributed by atoms with Crippen LogP contribution in [0.1, 0.15) is 28.5 Å². The Morgan fingerprint density at radius 1 is 1.13 bits per heavy atom. The molecule has 0 saturated carbocycles. The van der Waals surface area contributed by atoms with Crippen LogP contribution in [0.3, 0.4) is 0 Å². The van der Waals surface area contributed by atoms with Gasteiger partial charge in [-0.1, -0.05) is 29.8 Å². The maximum atomic E-state index is 12.6.